The summed E-state index contributed by atoms with van der Waals surface area (Å²) in [6, 6.07) is 13.7. The topological polar surface area (TPSA) is 161 Å². The Hall–Kier alpha value is -4.34. The predicted octanol–water partition coefficient (Wildman–Crippen LogP) is 1.86. The first-order chi connectivity index (χ1) is 15.8. The number of urea groups is 1. The number of carbonyl (C=O) groups excluding carboxylic acids is 2. The molecule has 1 aromatic heterocycles. The van der Waals surface area contributed by atoms with Crippen molar-refractivity contribution in [1.82, 2.24) is 10.6 Å². The van der Waals surface area contributed by atoms with E-state index in [2.05, 4.69) is 10.6 Å². The number of nitrogens with one attached hydrogen (secondary N) is 2. The van der Waals surface area contributed by atoms with E-state index >= 15 is 0 Å². The average Bonchev–Trinajstić information content (AvgIpc) is 2.79. The van der Waals surface area contributed by atoms with E-state index < -0.39 is 29.6 Å². The highest BCUT2D eigenvalue weighted by atomic mass is 16.5. The average molecular weight is 453 g/mol. The largest absolute Gasteiger partial charge is 0.484 e. The lowest BCUT2D eigenvalue weighted by Crippen LogP contribution is -2.43. The molecule has 1 unspecified atom stereocenters. The number of hydrogen-bond acceptors (Lipinski definition) is 6. The van der Waals surface area contributed by atoms with Gasteiger partial charge >= 0.3 is 17.6 Å². The zero-order valence-electron chi connectivity index (χ0n) is 17.6. The maximum Gasteiger partial charge on any atom is 0.344 e. The Bertz CT molecular complexity index is 1200. The van der Waals surface area contributed by atoms with E-state index in [1.54, 1.807) is 42.5 Å². The predicted molar refractivity (Wildman–Crippen MR) is 120 cm³/mol. The molecular weight excluding hydrogens is 430 g/mol. The van der Waals surface area contributed by atoms with Crippen LogP contribution >= 0.6 is 0 Å². The van der Waals surface area contributed by atoms with Crippen LogP contribution in [0, 0.1) is 0 Å². The summed E-state index contributed by atoms with van der Waals surface area (Å²) in [5.41, 5.74) is 5.17. The van der Waals surface area contributed by atoms with Crippen molar-refractivity contribution < 1.29 is 28.6 Å². The minimum absolute atomic E-state index is 0.118. The fourth-order valence-corrected chi connectivity index (χ4v) is 3.15. The van der Waals surface area contributed by atoms with Crippen LogP contribution in [0.1, 0.15) is 12.8 Å². The number of carboxylic acids is 1. The number of hydrogen-bond donors (Lipinski definition) is 4. The van der Waals surface area contributed by atoms with Crippen molar-refractivity contribution in [3.63, 3.8) is 0 Å². The van der Waals surface area contributed by atoms with Gasteiger partial charge in [-0.25, -0.2) is 14.4 Å². The van der Waals surface area contributed by atoms with Gasteiger partial charge in [0, 0.05) is 12.1 Å². The molecule has 0 saturated heterocycles. The molecule has 0 aliphatic carbocycles. The van der Waals surface area contributed by atoms with E-state index in [4.69, 9.17) is 14.9 Å². The molecule has 5 N–H and O–H groups in total. The first kappa shape index (κ1) is 23.3. The molecule has 3 amide bonds. The normalized spacial score (nSPS) is 11.5. The van der Waals surface area contributed by atoms with Crippen LogP contribution in [0.3, 0.4) is 0 Å². The van der Waals surface area contributed by atoms with Gasteiger partial charge in [-0.3, -0.25) is 4.79 Å². The fourth-order valence-electron chi connectivity index (χ4n) is 3.15. The molecule has 0 fully saturated rings. The van der Waals surface area contributed by atoms with E-state index in [-0.39, 0.29) is 19.6 Å². The first-order valence-corrected chi connectivity index (χ1v) is 10.1. The van der Waals surface area contributed by atoms with Gasteiger partial charge in [0.15, 0.2) is 6.61 Å². The van der Waals surface area contributed by atoms with Gasteiger partial charge in [0.2, 0.25) is 0 Å². The molecule has 0 aliphatic rings. The molecule has 0 aliphatic heterocycles. The van der Waals surface area contributed by atoms with Crippen molar-refractivity contribution in [2.45, 2.75) is 18.9 Å². The van der Waals surface area contributed by atoms with Crippen LogP contribution in [-0.2, 0) is 9.59 Å². The third-order valence-corrected chi connectivity index (χ3v) is 4.78. The van der Waals surface area contributed by atoms with Crippen molar-refractivity contribution in [3.05, 3.63) is 65.0 Å². The van der Waals surface area contributed by atoms with Crippen molar-refractivity contribution in [2.24, 2.45) is 5.73 Å². The molecular formula is C23H23N3O7. The quantitative estimate of drug-likeness (QED) is 0.341. The molecule has 1 heterocycles. The highest BCUT2D eigenvalue weighted by molar-refractivity contribution is 5.85. The number of rotatable bonds is 10. The van der Waals surface area contributed by atoms with Crippen LogP contribution in [0.2, 0.25) is 0 Å². The molecule has 3 rings (SSSR count). The summed E-state index contributed by atoms with van der Waals surface area (Å²) in [4.78, 5) is 46.2. The van der Waals surface area contributed by atoms with Crippen molar-refractivity contribution in [1.29, 1.82) is 0 Å². The van der Waals surface area contributed by atoms with Gasteiger partial charge in [-0.1, -0.05) is 18.2 Å². The number of carbonyl (C=O) groups is 3. The van der Waals surface area contributed by atoms with Crippen molar-refractivity contribution >= 4 is 28.7 Å². The lowest BCUT2D eigenvalue weighted by Gasteiger charge is -2.15. The van der Waals surface area contributed by atoms with Gasteiger partial charge in [0.05, 0.1) is 5.39 Å². The summed E-state index contributed by atoms with van der Waals surface area (Å²) in [5.74, 6) is -1.01. The van der Waals surface area contributed by atoms with Crippen LogP contribution in [0.25, 0.3) is 22.1 Å². The number of nitrogens with two attached hydrogens (primary N) is 1. The van der Waals surface area contributed by atoms with Crippen LogP contribution in [-0.4, -0.2) is 42.2 Å². The Morgan fingerprint density at radius 3 is 2.52 bits per heavy atom. The number of aliphatic carboxylic acids is 1. The van der Waals surface area contributed by atoms with Crippen molar-refractivity contribution in [3.8, 4) is 17.1 Å². The van der Waals surface area contributed by atoms with E-state index in [0.717, 1.165) is 5.39 Å². The molecule has 0 saturated carbocycles. The van der Waals surface area contributed by atoms with Crippen LogP contribution < -0.4 is 26.7 Å². The molecule has 172 valence electrons. The number of amides is 3. The first-order valence-electron chi connectivity index (χ1n) is 10.1. The summed E-state index contributed by atoms with van der Waals surface area (Å²) >= 11 is 0. The zero-order valence-corrected chi connectivity index (χ0v) is 17.6. The second-order valence-corrected chi connectivity index (χ2v) is 7.19. The standard InChI is InChI=1S/C23H23N3O7/c24-23(31)25-11-3-6-18(21(28)29)26-20(27)13-32-16-9-7-14(8-10-16)19-12-15-4-1-2-5-17(15)22(30)33-19/h1-2,4-5,7-10,12,18H,3,6,11,13H2,(H,26,27)(H,28,29)(H3,24,25,31). The van der Waals surface area contributed by atoms with E-state index in [1.807, 2.05) is 12.1 Å². The number of ether oxygens (including phenoxy) is 1. The Labute approximate surface area is 188 Å². The Morgan fingerprint density at radius 2 is 1.82 bits per heavy atom. The second-order valence-electron chi connectivity index (χ2n) is 7.19. The maximum absolute atomic E-state index is 12.2. The lowest BCUT2D eigenvalue weighted by atomic mass is 10.1. The Morgan fingerprint density at radius 1 is 1.09 bits per heavy atom. The molecule has 10 heteroatoms. The van der Waals surface area contributed by atoms with Gasteiger partial charge in [-0.05, 0) is 54.6 Å². The molecule has 10 nitrogen and oxygen atoms in total. The zero-order chi connectivity index (χ0) is 23.8. The van der Waals surface area contributed by atoms with Crippen LogP contribution in [0.4, 0.5) is 4.79 Å². The van der Waals surface area contributed by atoms with Gasteiger partial charge in [-0.2, -0.15) is 0 Å². The monoisotopic (exact) mass is 453 g/mol. The molecule has 0 spiro atoms. The molecule has 33 heavy (non-hydrogen) atoms. The lowest BCUT2D eigenvalue weighted by molar-refractivity contribution is -0.142. The molecule has 1 atom stereocenters. The van der Waals surface area contributed by atoms with Gasteiger partial charge in [-0.15, -0.1) is 0 Å². The van der Waals surface area contributed by atoms with Crippen LogP contribution in [0.15, 0.2) is 63.8 Å². The summed E-state index contributed by atoms with van der Waals surface area (Å²) in [5, 5.41) is 15.2. The van der Waals surface area contributed by atoms with Crippen LogP contribution in [0.5, 0.6) is 5.75 Å². The molecule has 0 radical (unpaired) electrons. The molecule has 0 bridgehead atoms. The van der Waals surface area contributed by atoms with Gasteiger partial charge in [0.25, 0.3) is 5.91 Å². The number of benzene rings is 2. The van der Waals surface area contributed by atoms with Gasteiger partial charge < -0.3 is 30.6 Å². The highest BCUT2D eigenvalue weighted by Crippen LogP contribution is 2.24. The SMILES string of the molecule is NC(=O)NCCCC(NC(=O)COc1ccc(-c2cc3ccccc3c(=O)o2)cc1)C(=O)O. The Kier molecular flexibility index (Phi) is 7.64. The minimum atomic E-state index is -1.19. The minimum Gasteiger partial charge on any atom is -0.484 e. The van der Waals surface area contributed by atoms with E-state index in [9.17, 15) is 24.3 Å². The second kappa shape index (κ2) is 10.8. The molecule has 3 aromatic rings. The van der Waals surface area contributed by atoms with E-state index in [1.165, 1.54) is 0 Å². The third kappa shape index (κ3) is 6.57. The van der Waals surface area contributed by atoms with E-state index in [0.29, 0.717) is 28.9 Å². The third-order valence-electron chi connectivity index (χ3n) is 4.78. The number of fused-ring (bicyclic) bond motifs is 1. The summed E-state index contributed by atoms with van der Waals surface area (Å²) in [6.45, 7) is -0.178. The van der Waals surface area contributed by atoms with Crippen molar-refractivity contribution in [2.75, 3.05) is 13.2 Å². The smallest absolute Gasteiger partial charge is 0.344 e. The molecule has 2 aromatic carbocycles. The number of primary amides is 1. The number of carboxylic acid groups (broad SMARTS) is 1. The Balaban J connectivity index is 1.55. The summed E-state index contributed by atoms with van der Waals surface area (Å²) in [6.07, 6.45) is 0.445. The summed E-state index contributed by atoms with van der Waals surface area (Å²) in [7, 11) is 0. The summed E-state index contributed by atoms with van der Waals surface area (Å²) < 4.78 is 10.8. The maximum atomic E-state index is 12.2. The van der Waals surface area contributed by atoms with Gasteiger partial charge in [0.1, 0.15) is 17.6 Å². The highest BCUT2D eigenvalue weighted by Gasteiger charge is 2.19. The fraction of sp³-hybridized carbons (Fsp3) is 0.217.